The van der Waals surface area contributed by atoms with Gasteiger partial charge in [-0.15, -0.1) is 0 Å². The van der Waals surface area contributed by atoms with Crippen LogP contribution in [0.25, 0.3) is 0 Å². The molecular formula is C9H11F3. The van der Waals surface area contributed by atoms with Gasteiger partial charge in [0, 0.05) is 0 Å². The summed E-state index contributed by atoms with van der Waals surface area (Å²) in [6.07, 6.45) is 0.413. The molecule has 0 saturated carbocycles. The van der Waals surface area contributed by atoms with Gasteiger partial charge < -0.3 is 0 Å². The SMILES string of the molecule is CCC1=C(C(F)(F)F)C=CCC1. The Labute approximate surface area is 69.8 Å². The van der Waals surface area contributed by atoms with E-state index in [1.165, 1.54) is 6.08 Å². The quantitative estimate of drug-likeness (QED) is 0.572. The topological polar surface area (TPSA) is 0 Å². The fourth-order valence-electron chi connectivity index (χ4n) is 1.37. The molecule has 0 bridgehead atoms. The number of hydrogen-bond donors (Lipinski definition) is 0. The van der Waals surface area contributed by atoms with Crippen LogP contribution in [0.1, 0.15) is 26.2 Å². The largest absolute Gasteiger partial charge is 0.416 e. The van der Waals surface area contributed by atoms with Crippen molar-refractivity contribution >= 4 is 0 Å². The molecule has 0 fully saturated rings. The van der Waals surface area contributed by atoms with Crippen molar-refractivity contribution in [2.75, 3.05) is 0 Å². The van der Waals surface area contributed by atoms with Gasteiger partial charge in [0.15, 0.2) is 0 Å². The molecule has 1 rings (SSSR count). The molecule has 0 radical (unpaired) electrons. The normalized spacial score (nSPS) is 18.7. The van der Waals surface area contributed by atoms with Crippen LogP contribution in [-0.4, -0.2) is 6.18 Å². The van der Waals surface area contributed by atoms with Crippen molar-refractivity contribution in [3.63, 3.8) is 0 Å². The van der Waals surface area contributed by atoms with Gasteiger partial charge >= 0.3 is 6.18 Å². The first-order valence-corrected chi connectivity index (χ1v) is 4.01. The van der Waals surface area contributed by atoms with Gasteiger partial charge in [0.25, 0.3) is 0 Å². The zero-order chi connectivity index (χ0) is 9.19. The lowest BCUT2D eigenvalue weighted by Crippen LogP contribution is -2.14. The minimum Gasteiger partial charge on any atom is -0.166 e. The minimum atomic E-state index is -4.16. The van der Waals surface area contributed by atoms with Gasteiger partial charge in [0.05, 0.1) is 5.57 Å². The van der Waals surface area contributed by atoms with E-state index in [-0.39, 0.29) is 0 Å². The Balaban J connectivity index is 2.97. The van der Waals surface area contributed by atoms with E-state index < -0.39 is 11.7 Å². The maximum Gasteiger partial charge on any atom is 0.416 e. The molecule has 0 nitrogen and oxygen atoms in total. The predicted octanol–water partition coefficient (Wildman–Crippen LogP) is 3.61. The molecule has 0 N–H and O–H groups in total. The molecule has 68 valence electrons. The van der Waals surface area contributed by atoms with Crippen LogP contribution >= 0.6 is 0 Å². The van der Waals surface area contributed by atoms with Crippen molar-refractivity contribution in [3.05, 3.63) is 23.3 Å². The van der Waals surface area contributed by atoms with Crippen LogP contribution in [0.15, 0.2) is 23.3 Å². The Hall–Kier alpha value is -0.730. The zero-order valence-corrected chi connectivity index (χ0v) is 6.91. The van der Waals surface area contributed by atoms with E-state index in [1.54, 1.807) is 13.0 Å². The molecule has 0 atom stereocenters. The third-order valence-corrected chi connectivity index (χ3v) is 2.01. The number of allylic oxidation sites excluding steroid dienone is 4. The average Bonchev–Trinajstić information content (AvgIpc) is 2.03. The highest BCUT2D eigenvalue weighted by Crippen LogP contribution is 2.34. The Morgan fingerprint density at radius 3 is 2.50 bits per heavy atom. The monoisotopic (exact) mass is 176 g/mol. The molecule has 1 aliphatic rings. The average molecular weight is 176 g/mol. The molecular weight excluding hydrogens is 165 g/mol. The fraction of sp³-hybridized carbons (Fsp3) is 0.556. The molecule has 0 aromatic heterocycles. The minimum absolute atomic E-state index is 0.434. The molecule has 0 unspecified atom stereocenters. The van der Waals surface area contributed by atoms with Gasteiger partial charge in [0.1, 0.15) is 0 Å². The van der Waals surface area contributed by atoms with Crippen LogP contribution in [0.4, 0.5) is 13.2 Å². The fourth-order valence-corrected chi connectivity index (χ4v) is 1.37. The number of halogens is 3. The number of rotatable bonds is 1. The molecule has 12 heavy (non-hydrogen) atoms. The van der Waals surface area contributed by atoms with Gasteiger partial charge in [-0.1, -0.05) is 24.6 Å². The van der Waals surface area contributed by atoms with Gasteiger partial charge in [-0.05, 0) is 19.3 Å². The maximum atomic E-state index is 12.3. The first-order valence-electron chi connectivity index (χ1n) is 4.01. The van der Waals surface area contributed by atoms with Crippen LogP contribution in [-0.2, 0) is 0 Å². The van der Waals surface area contributed by atoms with E-state index >= 15 is 0 Å². The molecule has 0 aromatic rings. The molecule has 0 heterocycles. The highest BCUT2D eigenvalue weighted by molar-refractivity contribution is 5.33. The lowest BCUT2D eigenvalue weighted by atomic mass is 9.95. The summed E-state index contributed by atoms with van der Waals surface area (Å²) >= 11 is 0. The van der Waals surface area contributed by atoms with Crippen LogP contribution in [0.2, 0.25) is 0 Å². The lowest BCUT2D eigenvalue weighted by molar-refractivity contribution is -0.0894. The zero-order valence-electron chi connectivity index (χ0n) is 6.91. The number of alkyl halides is 3. The standard InChI is InChI=1S/C9H11F3/c1-2-7-5-3-4-6-8(7)9(10,11)12/h4,6H,2-3,5H2,1H3. The van der Waals surface area contributed by atoms with Crippen LogP contribution < -0.4 is 0 Å². The summed E-state index contributed by atoms with van der Waals surface area (Å²) in [7, 11) is 0. The summed E-state index contributed by atoms with van der Waals surface area (Å²) in [5.41, 5.74) is 0.0984. The third-order valence-electron chi connectivity index (χ3n) is 2.01. The van der Waals surface area contributed by atoms with E-state index in [9.17, 15) is 13.2 Å². The Bertz CT molecular complexity index is 220. The summed E-state index contributed by atoms with van der Waals surface area (Å²) in [5.74, 6) is 0. The maximum absolute atomic E-state index is 12.3. The van der Waals surface area contributed by atoms with Crippen LogP contribution in [0.3, 0.4) is 0 Å². The van der Waals surface area contributed by atoms with Gasteiger partial charge in [-0.2, -0.15) is 13.2 Å². The predicted molar refractivity (Wildman–Crippen MR) is 41.7 cm³/mol. The summed E-state index contributed by atoms with van der Waals surface area (Å²) in [6.45, 7) is 1.76. The van der Waals surface area contributed by atoms with E-state index in [2.05, 4.69) is 0 Å². The molecule has 0 aromatic carbocycles. The summed E-state index contributed by atoms with van der Waals surface area (Å²) in [5, 5.41) is 0. The summed E-state index contributed by atoms with van der Waals surface area (Å²) in [6, 6.07) is 0. The second-order valence-electron chi connectivity index (χ2n) is 2.81. The molecule has 0 saturated heterocycles. The lowest BCUT2D eigenvalue weighted by Gasteiger charge is -2.16. The molecule has 3 heteroatoms. The van der Waals surface area contributed by atoms with Crippen LogP contribution in [0, 0.1) is 0 Å². The first-order chi connectivity index (χ1) is 5.55. The van der Waals surface area contributed by atoms with E-state index in [0.29, 0.717) is 18.4 Å². The first kappa shape index (κ1) is 9.36. The highest BCUT2D eigenvalue weighted by Gasteiger charge is 2.34. The van der Waals surface area contributed by atoms with E-state index in [4.69, 9.17) is 0 Å². The Kier molecular flexibility index (Phi) is 2.60. The van der Waals surface area contributed by atoms with Crippen molar-refractivity contribution in [3.8, 4) is 0 Å². The Morgan fingerprint density at radius 1 is 1.42 bits per heavy atom. The second-order valence-corrected chi connectivity index (χ2v) is 2.81. The van der Waals surface area contributed by atoms with Crippen molar-refractivity contribution in [1.29, 1.82) is 0 Å². The molecule has 0 amide bonds. The highest BCUT2D eigenvalue weighted by atomic mass is 19.4. The van der Waals surface area contributed by atoms with Crippen molar-refractivity contribution in [2.45, 2.75) is 32.4 Å². The molecule has 0 spiro atoms. The van der Waals surface area contributed by atoms with Crippen molar-refractivity contribution in [1.82, 2.24) is 0 Å². The molecule has 0 aliphatic heterocycles. The van der Waals surface area contributed by atoms with Gasteiger partial charge in [0.2, 0.25) is 0 Å². The summed E-state index contributed by atoms with van der Waals surface area (Å²) in [4.78, 5) is 0. The van der Waals surface area contributed by atoms with Crippen LogP contribution in [0.5, 0.6) is 0 Å². The van der Waals surface area contributed by atoms with Gasteiger partial charge in [-0.25, -0.2) is 0 Å². The van der Waals surface area contributed by atoms with E-state index in [0.717, 1.165) is 6.42 Å². The van der Waals surface area contributed by atoms with E-state index in [1.807, 2.05) is 0 Å². The van der Waals surface area contributed by atoms with Crippen molar-refractivity contribution in [2.24, 2.45) is 0 Å². The van der Waals surface area contributed by atoms with Gasteiger partial charge in [-0.3, -0.25) is 0 Å². The number of hydrogen-bond acceptors (Lipinski definition) is 0. The second kappa shape index (κ2) is 3.33. The Morgan fingerprint density at radius 2 is 2.08 bits per heavy atom. The van der Waals surface area contributed by atoms with Crippen molar-refractivity contribution < 1.29 is 13.2 Å². The molecule has 1 aliphatic carbocycles. The smallest absolute Gasteiger partial charge is 0.166 e. The summed E-state index contributed by atoms with van der Waals surface area (Å²) < 4.78 is 36.8. The third kappa shape index (κ3) is 1.90.